The molecule has 0 fully saturated rings. The van der Waals surface area contributed by atoms with Crippen LogP contribution in [0.3, 0.4) is 0 Å². The molecule has 4 nitrogen and oxygen atoms in total. The van der Waals surface area contributed by atoms with Crippen LogP contribution >= 0.6 is 15.9 Å². The molecule has 0 saturated carbocycles. The molecule has 0 aromatic carbocycles. The first-order chi connectivity index (χ1) is 7.63. The molecule has 1 aromatic heterocycles. The molecule has 1 heterocycles. The first-order valence-electron chi connectivity index (χ1n) is 5.11. The molecule has 0 radical (unpaired) electrons. The van der Waals surface area contributed by atoms with Gasteiger partial charge in [-0.3, -0.25) is 4.79 Å². The third-order valence-electron chi connectivity index (χ3n) is 1.71. The van der Waals surface area contributed by atoms with Crippen LogP contribution in [0.5, 0.6) is 5.88 Å². The Labute approximate surface area is 104 Å². The van der Waals surface area contributed by atoms with Gasteiger partial charge < -0.3 is 10.1 Å². The number of carbonyl (C=O) groups excluding carboxylic acids is 1. The van der Waals surface area contributed by atoms with E-state index in [2.05, 4.69) is 26.2 Å². The van der Waals surface area contributed by atoms with Crippen molar-refractivity contribution in [3.8, 4) is 5.88 Å². The standard InChI is InChI=1S/C11H15BrN2O2/c1-8(2)16-11-9(4-3-7-13-11)14-10(15)5-6-12/h3-4,7-8H,5-6H2,1-2H3,(H,14,15). The zero-order chi connectivity index (χ0) is 12.0. The van der Waals surface area contributed by atoms with Gasteiger partial charge in [-0.15, -0.1) is 0 Å². The summed E-state index contributed by atoms with van der Waals surface area (Å²) in [5, 5.41) is 3.40. The summed E-state index contributed by atoms with van der Waals surface area (Å²) in [6.45, 7) is 3.83. The zero-order valence-electron chi connectivity index (χ0n) is 9.37. The summed E-state index contributed by atoms with van der Waals surface area (Å²) in [7, 11) is 0. The van der Waals surface area contributed by atoms with Crippen molar-refractivity contribution in [3.63, 3.8) is 0 Å². The van der Waals surface area contributed by atoms with Crippen molar-refractivity contribution in [2.45, 2.75) is 26.4 Å². The quantitative estimate of drug-likeness (QED) is 0.847. The van der Waals surface area contributed by atoms with Gasteiger partial charge in [-0.1, -0.05) is 15.9 Å². The molecule has 0 aliphatic rings. The number of nitrogens with one attached hydrogen (secondary N) is 1. The predicted molar refractivity (Wildman–Crippen MR) is 67.0 cm³/mol. The lowest BCUT2D eigenvalue weighted by atomic mass is 10.3. The summed E-state index contributed by atoms with van der Waals surface area (Å²) in [5.74, 6) is 0.402. The van der Waals surface area contributed by atoms with Gasteiger partial charge >= 0.3 is 0 Å². The van der Waals surface area contributed by atoms with Crippen LogP contribution in [0.25, 0.3) is 0 Å². The van der Waals surface area contributed by atoms with E-state index in [1.165, 1.54) is 0 Å². The van der Waals surface area contributed by atoms with Gasteiger partial charge in [0.15, 0.2) is 0 Å². The number of anilines is 1. The SMILES string of the molecule is CC(C)Oc1ncccc1NC(=O)CCBr. The highest BCUT2D eigenvalue weighted by atomic mass is 79.9. The lowest BCUT2D eigenvalue weighted by Gasteiger charge is -2.13. The normalized spacial score (nSPS) is 10.2. The molecule has 16 heavy (non-hydrogen) atoms. The van der Waals surface area contributed by atoms with Crippen molar-refractivity contribution in [2.75, 3.05) is 10.6 Å². The third-order valence-corrected chi connectivity index (χ3v) is 2.11. The molecule has 1 N–H and O–H groups in total. The van der Waals surface area contributed by atoms with Crippen LogP contribution in [-0.4, -0.2) is 22.3 Å². The molecule has 88 valence electrons. The Bertz CT molecular complexity index is 356. The molecule has 0 unspecified atom stereocenters. The maximum absolute atomic E-state index is 11.4. The number of ether oxygens (including phenoxy) is 1. The molecule has 0 atom stereocenters. The maximum atomic E-state index is 11.4. The molecule has 0 aliphatic carbocycles. The van der Waals surface area contributed by atoms with E-state index in [0.717, 1.165) is 0 Å². The number of rotatable bonds is 5. The Kier molecular flexibility index (Phi) is 5.25. The summed E-state index contributed by atoms with van der Waals surface area (Å²) in [5.41, 5.74) is 0.613. The minimum atomic E-state index is -0.0570. The molecule has 1 rings (SSSR count). The predicted octanol–water partition coefficient (Wildman–Crippen LogP) is 2.59. The van der Waals surface area contributed by atoms with E-state index in [-0.39, 0.29) is 12.0 Å². The van der Waals surface area contributed by atoms with Crippen LogP contribution in [0.1, 0.15) is 20.3 Å². The van der Waals surface area contributed by atoms with Crippen LogP contribution in [-0.2, 0) is 4.79 Å². The second kappa shape index (κ2) is 6.48. The minimum absolute atomic E-state index is 0.0294. The van der Waals surface area contributed by atoms with Gasteiger partial charge in [0.25, 0.3) is 0 Å². The fraction of sp³-hybridized carbons (Fsp3) is 0.455. The molecular weight excluding hydrogens is 272 g/mol. The van der Waals surface area contributed by atoms with Crippen LogP contribution in [0.4, 0.5) is 5.69 Å². The monoisotopic (exact) mass is 286 g/mol. The summed E-state index contributed by atoms with van der Waals surface area (Å²) >= 11 is 3.21. The maximum Gasteiger partial charge on any atom is 0.238 e. The average molecular weight is 287 g/mol. The third kappa shape index (κ3) is 4.18. The highest BCUT2D eigenvalue weighted by molar-refractivity contribution is 9.09. The highest BCUT2D eigenvalue weighted by Crippen LogP contribution is 2.21. The molecule has 0 saturated heterocycles. The second-order valence-corrected chi connectivity index (χ2v) is 4.30. The second-order valence-electron chi connectivity index (χ2n) is 3.51. The van der Waals surface area contributed by atoms with Gasteiger partial charge in [0.1, 0.15) is 5.69 Å². The van der Waals surface area contributed by atoms with Crippen molar-refractivity contribution < 1.29 is 9.53 Å². The number of pyridine rings is 1. The van der Waals surface area contributed by atoms with Crippen molar-refractivity contribution in [1.29, 1.82) is 0 Å². The van der Waals surface area contributed by atoms with E-state index in [1.54, 1.807) is 18.3 Å². The molecule has 1 amide bonds. The van der Waals surface area contributed by atoms with Gasteiger partial charge in [-0.05, 0) is 26.0 Å². The van der Waals surface area contributed by atoms with E-state index in [0.29, 0.717) is 23.3 Å². The van der Waals surface area contributed by atoms with Crippen LogP contribution in [0.15, 0.2) is 18.3 Å². The summed E-state index contributed by atoms with van der Waals surface area (Å²) in [6, 6.07) is 3.54. The molecule has 1 aromatic rings. The average Bonchev–Trinajstić information content (AvgIpc) is 2.20. The Balaban J connectivity index is 2.74. The topological polar surface area (TPSA) is 51.2 Å². The van der Waals surface area contributed by atoms with Gasteiger partial charge in [0.2, 0.25) is 11.8 Å². The summed E-state index contributed by atoms with van der Waals surface area (Å²) < 4.78 is 5.49. The first-order valence-corrected chi connectivity index (χ1v) is 6.23. The van der Waals surface area contributed by atoms with Crippen molar-refractivity contribution in [3.05, 3.63) is 18.3 Å². The Morgan fingerprint density at radius 1 is 1.62 bits per heavy atom. The van der Waals surface area contributed by atoms with Crippen molar-refractivity contribution in [1.82, 2.24) is 4.98 Å². The molecule has 5 heteroatoms. The van der Waals surface area contributed by atoms with Crippen molar-refractivity contribution >= 4 is 27.5 Å². The van der Waals surface area contributed by atoms with Gasteiger partial charge in [-0.2, -0.15) is 0 Å². The number of carbonyl (C=O) groups is 1. The molecular formula is C11H15BrN2O2. The lowest BCUT2D eigenvalue weighted by Crippen LogP contribution is -2.15. The largest absolute Gasteiger partial charge is 0.473 e. The number of hydrogen-bond acceptors (Lipinski definition) is 3. The highest BCUT2D eigenvalue weighted by Gasteiger charge is 2.09. The lowest BCUT2D eigenvalue weighted by molar-refractivity contribution is -0.115. The number of halogens is 1. The fourth-order valence-electron chi connectivity index (χ4n) is 1.10. The Hall–Kier alpha value is -1.10. The first kappa shape index (κ1) is 13.0. The van der Waals surface area contributed by atoms with E-state index in [4.69, 9.17) is 4.74 Å². The molecule has 0 bridgehead atoms. The Morgan fingerprint density at radius 2 is 2.38 bits per heavy atom. The number of alkyl halides is 1. The number of amides is 1. The Morgan fingerprint density at radius 3 is 3.00 bits per heavy atom. The van der Waals surface area contributed by atoms with Gasteiger partial charge in [0.05, 0.1) is 6.10 Å². The van der Waals surface area contributed by atoms with E-state index in [9.17, 15) is 4.79 Å². The smallest absolute Gasteiger partial charge is 0.238 e. The number of nitrogens with zero attached hydrogens (tertiary/aromatic N) is 1. The van der Waals surface area contributed by atoms with E-state index >= 15 is 0 Å². The van der Waals surface area contributed by atoms with Gasteiger partial charge in [-0.25, -0.2) is 4.98 Å². The van der Waals surface area contributed by atoms with Crippen LogP contribution in [0.2, 0.25) is 0 Å². The summed E-state index contributed by atoms with van der Waals surface area (Å²) in [6.07, 6.45) is 2.09. The minimum Gasteiger partial charge on any atom is -0.473 e. The van der Waals surface area contributed by atoms with Gasteiger partial charge in [0, 0.05) is 17.9 Å². The van der Waals surface area contributed by atoms with E-state index in [1.807, 2.05) is 13.8 Å². The zero-order valence-corrected chi connectivity index (χ0v) is 11.0. The summed E-state index contributed by atoms with van der Waals surface area (Å²) in [4.78, 5) is 15.5. The molecule has 0 aliphatic heterocycles. The number of aromatic nitrogens is 1. The van der Waals surface area contributed by atoms with Crippen LogP contribution < -0.4 is 10.1 Å². The van der Waals surface area contributed by atoms with Crippen LogP contribution in [0, 0.1) is 0 Å². The fourth-order valence-corrected chi connectivity index (χ4v) is 1.46. The van der Waals surface area contributed by atoms with Crippen molar-refractivity contribution in [2.24, 2.45) is 0 Å². The molecule has 0 spiro atoms. The number of hydrogen-bond donors (Lipinski definition) is 1. The van der Waals surface area contributed by atoms with E-state index < -0.39 is 0 Å².